The molecular weight excluding hydrogens is 617 g/mol. The Hall–Kier alpha value is -3.98. The topological polar surface area (TPSA) is 127 Å². The molecule has 8 nitrogen and oxygen atoms in total. The average molecular weight is 644 g/mol. The molecule has 0 aliphatic rings. The lowest BCUT2D eigenvalue weighted by atomic mass is 10.0. The SMILES string of the molecule is C=C(Cl)\C=C/C(=C\C)C(=C/N)/N(N)c1cc(-c2cc(F)c(CO)c(S(C)(=O)=O)c2)cc(F)c1-n1cc(C(F)(F)F)nc1C. The molecule has 0 atom stereocenters. The van der Waals surface area contributed by atoms with E-state index in [1.165, 1.54) is 25.1 Å². The Bertz CT molecular complexity index is 1780. The molecule has 1 heterocycles. The predicted octanol–water partition coefficient (Wildman–Crippen LogP) is 5.78. The number of allylic oxidation sites excluding steroid dienone is 4. The number of alkyl halides is 3. The smallest absolute Gasteiger partial charge is 0.403 e. The van der Waals surface area contributed by atoms with Crippen molar-refractivity contribution >= 4 is 27.1 Å². The average Bonchev–Trinajstić information content (AvgIpc) is 3.30. The second-order valence-corrected chi connectivity index (χ2v) is 11.6. The van der Waals surface area contributed by atoms with Crippen LogP contribution in [0, 0.1) is 18.6 Å². The number of nitrogens with two attached hydrogens (primary N) is 2. The van der Waals surface area contributed by atoms with Crippen molar-refractivity contribution in [3.05, 3.63) is 106 Å². The first-order chi connectivity index (χ1) is 19.9. The van der Waals surface area contributed by atoms with Crippen LogP contribution in [0.25, 0.3) is 16.8 Å². The fraction of sp³-hybridized carbons (Fsp3) is 0.179. The number of sulfone groups is 1. The molecule has 230 valence electrons. The van der Waals surface area contributed by atoms with Crippen molar-refractivity contribution < 1.29 is 35.5 Å². The van der Waals surface area contributed by atoms with E-state index in [-0.39, 0.29) is 33.4 Å². The van der Waals surface area contributed by atoms with E-state index in [1.807, 2.05) is 0 Å². The minimum atomic E-state index is -4.85. The van der Waals surface area contributed by atoms with Crippen LogP contribution < -0.4 is 16.6 Å². The molecule has 0 saturated heterocycles. The van der Waals surface area contributed by atoms with E-state index in [4.69, 9.17) is 23.2 Å². The Balaban J connectivity index is 2.41. The normalized spacial score (nSPS) is 13.2. The van der Waals surface area contributed by atoms with Crippen molar-refractivity contribution in [2.24, 2.45) is 11.6 Å². The maximum Gasteiger partial charge on any atom is 0.434 e. The van der Waals surface area contributed by atoms with Gasteiger partial charge in [0.1, 0.15) is 23.1 Å². The first kappa shape index (κ1) is 33.5. The standard InChI is InChI=1S/C28H27ClF5N5O3S/c1-5-17(7-6-15(2)29)24(12-35)39(36)23-10-18(19-8-21(30)20(14-40)25(11-19)43(4,41)42)9-22(31)27(23)38-13-26(28(32,33)34)37-16(38)3/h5-13,40H,2,14,35-36H2,1,3-4H3/b7-6-,17-5+,24-12-. The number of anilines is 1. The number of hydrogen-bond donors (Lipinski definition) is 3. The van der Waals surface area contributed by atoms with E-state index in [1.54, 1.807) is 13.0 Å². The lowest BCUT2D eigenvalue weighted by Crippen LogP contribution is -2.33. The van der Waals surface area contributed by atoms with E-state index in [0.29, 0.717) is 11.8 Å². The Morgan fingerprint density at radius 3 is 2.26 bits per heavy atom. The van der Waals surface area contributed by atoms with E-state index in [9.17, 15) is 31.1 Å². The molecule has 5 N–H and O–H groups in total. The summed E-state index contributed by atoms with van der Waals surface area (Å²) in [6, 6.07) is 4.01. The van der Waals surface area contributed by atoms with Crippen LogP contribution in [0.5, 0.6) is 0 Å². The van der Waals surface area contributed by atoms with E-state index in [2.05, 4.69) is 11.6 Å². The molecule has 0 aliphatic heterocycles. The Morgan fingerprint density at radius 2 is 1.77 bits per heavy atom. The zero-order valence-corrected chi connectivity index (χ0v) is 24.6. The first-order valence-corrected chi connectivity index (χ1v) is 14.5. The van der Waals surface area contributed by atoms with Gasteiger partial charge in [0.05, 0.1) is 22.9 Å². The fourth-order valence-electron chi connectivity index (χ4n) is 4.23. The van der Waals surface area contributed by atoms with Gasteiger partial charge in [0.2, 0.25) is 0 Å². The van der Waals surface area contributed by atoms with Gasteiger partial charge < -0.3 is 10.8 Å². The molecule has 0 spiro atoms. The quantitative estimate of drug-likeness (QED) is 0.117. The zero-order valence-electron chi connectivity index (χ0n) is 23.0. The van der Waals surface area contributed by atoms with Gasteiger partial charge in [0, 0.05) is 29.2 Å². The maximum absolute atomic E-state index is 16.0. The van der Waals surface area contributed by atoms with Crippen LogP contribution in [-0.2, 0) is 22.6 Å². The number of rotatable bonds is 9. The summed E-state index contributed by atoms with van der Waals surface area (Å²) >= 11 is 5.83. The number of halogens is 6. The lowest BCUT2D eigenvalue weighted by molar-refractivity contribution is -0.141. The number of aliphatic hydroxyl groups excluding tert-OH is 1. The number of aryl methyl sites for hydroxylation is 1. The van der Waals surface area contributed by atoms with Gasteiger partial charge in [-0.15, -0.1) is 0 Å². The number of nitrogens with zero attached hydrogens (tertiary/aromatic N) is 3. The molecule has 0 fully saturated rings. The third-order valence-corrected chi connectivity index (χ3v) is 7.52. The molecule has 15 heteroatoms. The van der Waals surface area contributed by atoms with Crippen molar-refractivity contribution in [2.75, 3.05) is 11.3 Å². The lowest BCUT2D eigenvalue weighted by Gasteiger charge is -2.27. The van der Waals surface area contributed by atoms with E-state index >= 15 is 4.39 Å². The predicted molar refractivity (Wildman–Crippen MR) is 155 cm³/mol. The van der Waals surface area contributed by atoms with Gasteiger partial charge in [-0.25, -0.2) is 28.0 Å². The maximum atomic E-state index is 16.0. The van der Waals surface area contributed by atoms with Crippen molar-refractivity contribution in [3.8, 4) is 16.8 Å². The summed E-state index contributed by atoms with van der Waals surface area (Å²) in [6.45, 7) is 5.47. The van der Waals surface area contributed by atoms with Gasteiger partial charge in [0.15, 0.2) is 15.5 Å². The van der Waals surface area contributed by atoms with Crippen LogP contribution in [0.3, 0.4) is 0 Å². The van der Waals surface area contributed by atoms with Gasteiger partial charge in [-0.05, 0) is 60.9 Å². The van der Waals surface area contributed by atoms with E-state index in [0.717, 1.165) is 40.2 Å². The van der Waals surface area contributed by atoms with Crippen molar-refractivity contribution in [1.29, 1.82) is 0 Å². The zero-order chi connectivity index (χ0) is 32.4. The van der Waals surface area contributed by atoms with E-state index < -0.39 is 56.1 Å². The van der Waals surface area contributed by atoms with Crippen LogP contribution in [0.4, 0.5) is 27.6 Å². The minimum Gasteiger partial charge on any atom is -0.403 e. The molecule has 3 aromatic rings. The Kier molecular flexibility index (Phi) is 9.91. The summed E-state index contributed by atoms with van der Waals surface area (Å²) in [6.07, 6.45) is 2.08. The third-order valence-electron chi connectivity index (χ3n) is 6.23. The molecule has 0 aliphatic carbocycles. The Labute approximate surface area is 249 Å². The molecule has 43 heavy (non-hydrogen) atoms. The number of aliphatic hydroxyl groups is 1. The summed E-state index contributed by atoms with van der Waals surface area (Å²) in [5, 5.41) is 10.6. The van der Waals surface area contributed by atoms with Crippen molar-refractivity contribution in [2.45, 2.75) is 31.5 Å². The molecule has 0 saturated carbocycles. The van der Waals surface area contributed by atoms with Crippen LogP contribution in [-0.4, -0.2) is 29.3 Å². The van der Waals surface area contributed by atoms with Crippen LogP contribution >= 0.6 is 11.6 Å². The second-order valence-electron chi connectivity index (χ2n) is 9.18. The molecule has 3 rings (SSSR count). The number of aromatic nitrogens is 2. The van der Waals surface area contributed by atoms with Crippen molar-refractivity contribution in [1.82, 2.24) is 9.55 Å². The highest BCUT2D eigenvalue weighted by Gasteiger charge is 2.35. The highest BCUT2D eigenvalue weighted by Crippen LogP contribution is 2.38. The molecule has 0 bridgehead atoms. The fourth-order valence-corrected chi connectivity index (χ4v) is 5.24. The Morgan fingerprint density at radius 1 is 1.16 bits per heavy atom. The number of hydrogen-bond acceptors (Lipinski definition) is 7. The molecule has 2 aromatic carbocycles. The van der Waals surface area contributed by atoms with Gasteiger partial charge in [-0.2, -0.15) is 13.2 Å². The first-order valence-electron chi connectivity index (χ1n) is 12.2. The summed E-state index contributed by atoms with van der Waals surface area (Å²) in [5.74, 6) is 3.99. The third kappa shape index (κ3) is 7.16. The van der Waals surface area contributed by atoms with Gasteiger partial charge in [-0.3, -0.25) is 9.58 Å². The number of hydrazine groups is 1. The summed E-state index contributed by atoms with van der Waals surface area (Å²) in [7, 11) is -4.05. The molecule has 0 unspecified atom stereocenters. The molecule has 0 radical (unpaired) electrons. The molecular formula is C28H27ClF5N5O3S. The summed E-state index contributed by atoms with van der Waals surface area (Å²) in [4.78, 5) is 2.96. The summed E-state index contributed by atoms with van der Waals surface area (Å²) < 4.78 is 97.0. The number of imidazole rings is 1. The molecule has 1 aromatic heterocycles. The molecule has 0 amide bonds. The van der Waals surface area contributed by atoms with Crippen molar-refractivity contribution in [3.63, 3.8) is 0 Å². The second kappa shape index (κ2) is 12.7. The highest BCUT2D eigenvalue weighted by atomic mass is 35.5. The van der Waals surface area contributed by atoms with Crippen LogP contribution in [0.1, 0.15) is 24.0 Å². The van der Waals surface area contributed by atoms with Crippen LogP contribution in [0.2, 0.25) is 0 Å². The van der Waals surface area contributed by atoms with Gasteiger partial charge in [-0.1, -0.05) is 30.3 Å². The van der Waals surface area contributed by atoms with Crippen LogP contribution in [0.15, 0.2) is 82.7 Å². The summed E-state index contributed by atoms with van der Waals surface area (Å²) in [5.41, 5.74) is 3.51. The van der Waals surface area contributed by atoms with Gasteiger partial charge in [0.25, 0.3) is 0 Å². The minimum absolute atomic E-state index is 0.0434. The monoisotopic (exact) mass is 643 g/mol. The largest absolute Gasteiger partial charge is 0.434 e. The highest BCUT2D eigenvalue weighted by molar-refractivity contribution is 7.90. The number of benzene rings is 2. The van der Waals surface area contributed by atoms with Gasteiger partial charge >= 0.3 is 6.18 Å².